The van der Waals surface area contributed by atoms with Crippen LogP contribution in [0.5, 0.6) is 17.2 Å². The third-order valence-corrected chi connectivity index (χ3v) is 8.98. The zero-order chi connectivity index (χ0) is 41.7. The molecular weight excluding hydrogens is 737 g/mol. The predicted octanol–water partition coefficient (Wildman–Crippen LogP) is 7.75. The van der Waals surface area contributed by atoms with Crippen molar-refractivity contribution in [3.8, 4) is 35.7 Å². The smallest absolute Gasteiger partial charge is 0.324 e. The van der Waals surface area contributed by atoms with Crippen molar-refractivity contribution in [2.75, 3.05) is 64.0 Å². The second kappa shape index (κ2) is 20.0. The van der Waals surface area contributed by atoms with Crippen LogP contribution in [0.25, 0.3) is 10.8 Å². The minimum atomic E-state index is -0.727. The highest BCUT2D eigenvalue weighted by Crippen LogP contribution is 2.44. The fourth-order valence-corrected chi connectivity index (χ4v) is 6.17. The number of nitrogens with two attached hydrogens (primary N) is 1. The molecule has 0 saturated heterocycles. The second-order valence-corrected chi connectivity index (χ2v) is 14.1. The van der Waals surface area contributed by atoms with Crippen LogP contribution in [0, 0.1) is 23.7 Å². The molecule has 3 amide bonds. The number of nitrogens with zero attached hydrogens (tertiary/aromatic N) is 3. The third kappa shape index (κ3) is 10.8. The van der Waals surface area contributed by atoms with Crippen LogP contribution in [-0.4, -0.2) is 70.7 Å². The maximum absolute atomic E-state index is 13.4. The lowest BCUT2D eigenvalue weighted by Crippen LogP contribution is -2.32. The predicted molar refractivity (Wildman–Crippen MR) is 224 cm³/mol. The molecule has 5 rings (SSSR count). The largest absolute Gasteiger partial charge is 0.494 e. The Bertz CT molecular complexity index is 2330. The molecule has 0 saturated carbocycles. The van der Waals surface area contributed by atoms with Gasteiger partial charge in [-0.3, -0.25) is 9.69 Å². The summed E-state index contributed by atoms with van der Waals surface area (Å²) >= 11 is 0. The molecule has 0 atom stereocenters. The molecule has 0 aliphatic heterocycles. The standard InChI is InChI=1S/C45H48N6O7/c1-7-30-24-32(43(52)49-18-19-56-22-23-57-21-20-54-5)27-34(25-30)50-41-29-35(15-17-48-41)58-40-13-12-38(36-10-8-9-11-37(36)40)51(44(47)53)39-28-33(45(2,3)4)26-31(14-16-46)42(39)55-6/h1,8-13,15,17,24-29H,14,18-23H2,2-6H3,(H2,47,53)(H,48,50)(H,49,52). The van der Waals surface area contributed by atoms with Crippen LogP contribution in [-0.2, 0) is 26.0 Å². The van der Waals surface area contributed by atoms with Crippen LogP contribution >= 0.6 is 0 Å². The van der Waals surface area contributed by atoms with Crippen molar-refractivity contribution in [3.63, 3.8) is 0 Å². The molecule has 0 unspecified atom stereocenters. The summed E-state index contributed by atoms with van der Waals surface area (Å²) < 4.78 is 28.1. The summed E-state index contributed by atoms with van der Waals surface area (Å²) in [7, 11) is 3.12. The fraction of sp³-hybridized carbons (Fsp3) is 0.289. The number of pyridine rings is 1. The summed E-state index contributed by atoms with van der Waals surface area (Å²) in [5, 5.41) is 17.1. The first kappa shape index (κ1) is 42.5. The molecular formula is C45H48N6O7. The van der Waals surface area contributed by atoms with Gasteiger partial charge in [0.05, 0.1) is 64.0 Å². The number of primary amides is 1. The maximum Gasteiger partial charge on any atom is 0.324 e. The number of hydrogen-bond acceptors (Lipinski definition) is 10. The number of nitriles is 1. The van der Waals surface area contributed by atoms with Crippen molar-refractivity contribution >= 4 is 45.6 Å². The minimum absolute atomic E-state index is 0.0816. The third-order valence-electron chi connectivity index (χ3n) is 8.98. The Balaban J connectivity index is 1.37. The van der Waals surface area contributed by atoms with Crippen LogP contribution in [0.15, 0.2) is 85.1 Å². The van der Waals surface area contributed by atoms with E-state index in [-0.39, 0.29) is 17.7 Å². The molecule has 0 aliphatic rings. The monoisotopic (exact) mass is 784 g/mol. The summed E-state index contributed by atoms with van der Waals surface area (Å²) in [5.41, 5.74) is 9.73. The average molecular weight is 785 g/mol. The van der Waals surface area contributed by atoms with Crippen molar-refractivity contribution < 1.29 is 33.3 Å². The molecule has 0 spiro atoms. The molecule has 4 aromatic carbocycles. The number of aromatic nitrogens is 1. The van der Waals surface area contributed by atoms with Crippen molar-refractivity contribution in [2.24, 2.45) is 5.73 Å². The Morgan fingerprint density at radius 2 is 1.64 bits per heavy atom. The van der Waals surface area contributed by atoms with E-state index in [1.54, 1.807) is 55.8 Å². The van der Waals surface area contributed by atoms with Gasteiger partial charge in [0.25, 0.3) is 5.91 Å². The number of ether oxygens (including phenoxy) is 5. The number of fused-ring (bicyclic) bond motifs is 1. The second-order valence-electron chi connectivity index (χ2n) is 14.1. The quantitative estimate of drug-likeness (QED) is 0.0590. The number of methoxy groups -OCH3 is 2. The molecule has 0 aliphatic carbocycles. The average Bonchev–Trinajstić information content (AvgIpc) is 3.20. The highest BCUT2D eigenvalue weighted by Gasteiger charge is 2.27. The number of urea groups is 1. The van der Waals surface area contributed by atoms with Gasteiger partial charge in [0.15, 0.2) is 0 Å². The van der Waals surface area contributed by atoms with E-state index in [0.29, 0.717) is 107 Å². The van der Waals surface area contributed by atoms with Gasteiger partial charge in [-0.15, -0.1) is 6.42 Å². The van der Waals surface area contributed by atoms with Crippen molar-refractivity contribution in [1.29, 1.82) is 5.26 Å². The van der Waals surface area contributed by atoms with Crippen molar-refractivity contribution in [2.45, 2.75) is 32.6 Å². The van der Waals surface area contributed by atoms with E-state index in [0.717, 1.165) is 5.56 Å². The van der Waals surface area contributed by atoms with E-state index >= 15 is 0 Å². The highest BCUT2D eigenvalue weighted by molar-refractivity contribution is 6.09. The van der Waals surface area contributed by atoms with E-state index in [4.69, 9.17) is 35.8 Å². The number of carbonyl (C=O) groups excluding carboxylic acids is 2. The number of anilines is 4. The van der Waals surface area contributed by atoms with Gasteiger partial charge < -0.3 is 40.1 Å². The Morgan fingerprint density at radius 1 is 0.897 bits per heavy atom. The van der Waals surface area contributed by atoms with Gasteiger partial charge in [-0.1, -0.05) is 57.0 Å². The van der Waals surface area contributed by atoms with Crippen LogP contribution in [0.4, 0.5) is 27.7 Å². The number of terminal acetylenes is 1. The number of amides is 3. The number of rotatable bonds is 18. The Kier molecular flexibility index (Phi) is 14.6. The van der Waals surface area contributed by atoms with Gasteiger partial charge in [-0.05, 0) is 53.4 Å². The zero-order valence-corrected chi connectivity index (χ0v) is 33.4. The fourth-order valence-electron chi connectivity index (χ4n) is 6.17. The van der Waals surface area contributed by atoms with E-state index in [2.05, 4.69) is 48.4 Å². The Labute approximate surface area is 339 Å². The lowest BCUT2D eigenvalue weighted by atomic mass is 9.85. The summed E-state index contributed by atoms with van der Waals surface area (Å²) in [6.07, 6.45) is 7.42. The Morgan fingerprint density at radius 3 is 2.33 bits per heavy atom. The molecule has 13 nitrogen and oxygen atoms in total. The van der Waals surface area contributed by atoms with Gasteiger partial charge >= 0.3 is 6.03 Å². The van der Waals surface area contributed by atoms with Gasteiger partial charge in [0.1, 0.15) is 23.1 Å². The first-order chi connectivity index (χ1) is 28.0. The van der Waals surface area contributed by atoms with Crippen LogP contribution in [0.2, 0.25) is 0 Å². The van der Waals surface area contributed by atoms with E-state index < -0.39 is 6.03 Å². The molecule has 0 fully saturated rings. The van der Waals surface area contributed by atoms with Crippen LogP contribution in [0.1, 0.15) is 47.8 Å². The molecule has 5 aromatic rings. The maximum atomic E-state index is 13.4. The zero-order valence-electron chi connectivity index (χ0n) is 33.4. The van der Waals surface area contributed by atoms with Gasteiger partial charge in [-0.25, -0.2) is 9.78 Å². The first-order valence-electron chi connectivity index (χ1n) is 18.6. The molecule has 4 N–H and O–H groups in total. The van der Waals surface area contributed by atoms with E-state index in [9.17, 15) is 14.9 Å². The first-order valence-corrected chi connectivity index (χ1v) is 18.6. The van der Waals surface area contributed by atoms with Gasteiger partial charge in [-0.2, -0.15) is 5.26 Å². The summed E-state index contributed by atoms with van der Waals surface area (Å²) in [5.74, 6) is 4.11. The molecule has 300 valence electrons. The molecule has 0 radical (unpaired) electrons. The molecule has 1 aromatic heterocycles. The van der Waals surface area contributed by atoms with Crippen LogP contribution in [0.3, 0.4) is 0 Å². The van der Waals surface area contributed by atoms with Crippen molar-refractivity contribution in [3.05, 3.63) is 107 Å². The number of carbonyl (C=O) groups is 2. The van der Waals surface area contributed by atoms with Crippen molar-refractivity contribution in [1.82, 2.24) is 10.3 Å². The number of hydrogen-bond donors (Lipinski definition) is 3. The Hall–Kier alpha value is -6.64. The summed E-state index contributed by atoms with van der Waals surface area (Å²) in [4.78, 5) is 32.2. The van der Waals surface area contributed by atoms with E-state index in [1.165, 1.54) is 12.0 Å². The minimum Gasteiger partial charge on any atom is -0.494 e. The lowest BCUT2D eigenvalue weighted by Gasteiger charge is -2.29. The molecule has 58 heavy (non-hydrogen) atoms. The molecule has 1 heterocycles. The summed E-state index contributed by atoms with van der Waals surface area (Å²) in [6, 6.07) is 24.8. The van der Waals surface area contributed by atoms with Gasteiger partial charge in [0, 0.05) is 59.1 Å². The topological polar surface area (TPSA) is 170 Å². The SMILES string of the molecule is C#Cc1cc(Nc2cc(Oc3ccc(N(C(N)=O)c4cc(C(C)(C)C)cc(CC#N)c4OC)c4ccccc34)ccn2)cc(C(=O)NCCOCCOCCOC)c1. The van der Waals surface area contributed by atoms with E-state index in [1.807, 2.05) is 36.4 Å². The molecule has 13 heteroatoms. The normalized spacial score (nSPS) is 11.0. The summed E-state index contributed by atoms with van der Waals surface area (Å²) in [6.45, 7) is 8.64. The van der Waals surface area contributed by atoms with Gasteiger partial charge in [0.2, 0.25) is 0 Å². The molecule has 0 bridgehead atoms. The van der Waals surface area contributed by atoms with Crippen LogP contribution < -0.4 is 30.7 Å². The number of nitrogens with one attached hydrogen (secondary N) is 2. The lowest BCUT2D eigenvalue weighted by molar-refractivity contribution is 0.0255. The number of benzene rings is 4. The highest BCUT2D eigenvalue weighted by atomic mass is 16.5.